The van der Waals surface area contributed by atoms with Crippen molar-refractivity contribution >= 4 is 5.78 Å². The number of hydrogen-bond acceptors (Lipinski definition) is 2. The molecule has 0 amide bonds. The molecule has 1 aromatic carbocycles. The Balaban J connectivity index is 2.24. The first-order valence-corrected chi connectivity index (χ1v) is 5.24. The fraction of sp³-hybridized carbons (Fsp3) is 0.417. The van der Waals surface area contributed by atoms with Crippen LogP contribution in [0.1, 0.15) is 40.4 Å². The second kappa shape index (κ2) is 2.92. The highest BCUT2D eigenvalue weighted by Gasteiger charge is 2.29. The number of carbonyl (C=O) groups excluding carboxylic acids is 1. The van der Waals surface area contributed by atoms with Gasteiger partial charge in [0.15, 0.2) is 5.78 Å². The molecule has 2 nitrogen and oxygen atoms in total. The van der Waals surface area contributed by atoms with Gasteiger partial charge in [-0.15, -0.1) is 0 Å². The van der Waals surface area contributed by atoms with Crippen molar-refractivity contribution in [3.05, 3.63) is 34.9 Å². The van der Waals surface area contributed by atoms with Crippen LogP contribution in [0.2, 0.25) is 0 Å². The molecule has 14 heavy (non-hydrogen) atoms. The molecule has 1 aliphatic carbocycles. The molecule has 1 atom stereocenters. The summed E-state index contributed by atoms with van der Waals surface area (Å²) in [6, 6.07) is 6.58. The largest absolute Gasteiger partial charge is 0.310 e. The van der Waals surface area contributed by atoms with E-state index in [9.17, 15) is 4.79 Å². The summed E-state index contributed by atoms with van der Waals surface area (Å²) in [5, 5.41) is 3.49. The average Bonchev–Trinajstić information content (AvgIpc) is 2.24. The SMILES string of the molecule is O=C1CCC2NCCc3cccc1c32. The molecule has 0 aromatic heterocycles. The van der Waals surface area contributed by atoms with Gasteiger partial charge in [-0.2, -0.15) is 0 Å². The number of nitrogens with one attached hydrogen (secondary N) is 1. The van der Waals surface area contributed by atoms with Crippen molar-refractivity contribution in [3.8, 4) is 0 Å². The highest BCUT2D eigenvalue weighted by molar-refractivity contribution is 5.99. The zero-order valence-corrected chi connectivity index (χ0v) is 8.05. The minimum absolute atomic E-state index is 0.321. The lowest BCUT2D eigenvalue weighted by atomic mass is 9.81. The summed E-state index contributed by atoms with van der Waals surface area (Å²) in [5.74, 6) is 0.321. The molecule has 0 fully saturated rings. The second-order valence-corrected chi connectivity index (χ2v) is 4.10. The lowest BCUT2D eigenvalue weighted by Gasteiger charge is -2.32. The Morgan fingerprint density at radius 1 is 1.29 bits per heavy atom. The molecule has 0 spiro atoms. The number of hydrogen-bond donors (Lipinski definition) is 1. The molecule has 1 N–H and O–H groups in total. The Kier molecular flexibility index (Phi) is 1.71. The number of ketones is 1. The van der Waals surface area contributed by atoms with Crippen LogP contribution < -0.4 is 5.32 Å². The van der Waals surface area contributed by atoms with Gasteiger partial charge in [0.05, 0.1) is 0 Å². The fourth-order valence-corrected chi connectivity index (χ4v) is 2.63. The summed E-state index contributed by atoms with van der Waals surface area (Å²) in [6.07, 6.45) is 2.74. The highest BCUT2D eigenvalue weighted by Crippen LogP contribution is 2.34. The maximum absolute atomic E-state index is 11.7. The van der Waals surface area contributed by atoms with Crippen LogP contribution in [0.3, 0.4) is 0 Å². The highest BCUT2D eigenvalue weighted by atomic mass is 16.1. The lowest BCUT2D eigenvalue weighted by Crippen LogP contribution is -2.34. The molecule has 0 saturated heterocycles. The third-order valence-electron chi connectivity index (χ3n) is 3.29. The second-order valence-electron chi connectivity index (χ2n) is 4.10. The smallest absolute Gasteiger partial charge is 0.163 e. The van der Waals surface area contributed by atoms with Crippen molar-refractivity contribution in [2.75, 3.05) is 6.54 Å². The molecule has 1 aliphatic heterocycles. The zero-order valence-electron chi connectivity index (χ0n) is 8.05. The van der Waals surface area contributed by atoms with Gasteiger partial charge in [-0.3, -0.25) is 4.79 Å². The Labute approximate surface area is 83.3 Å². The lowest BCUT2D eigenvalue weighted by molar-refractivity contribution is 0.0962. The average molecular weight is 187 g/mol. The molecule has 2 aliphatic rings. The van der Waals surface area contributed by atoms with Crippen LogP contribution in [0.5, 0.6) is 0 Å². The fourth-order valence-electron chi connectivity index (χ4n) is 2.63. The molecule has 1 aromatic rings. The number of carbonyl (C=O) groups is 1. The zero-order chi connectivity index (χ0) is 9.54. The Bertz CT molecular complexity index is 397. The van der Waals surface area contributed by atoms with Gasteiger partial charge < -0.3 is 5.32 Å². The number of Topliss-reactive ketones (excluding diaryl/α,β-unsaturated/α-hetero) is 1. The van der Waals surface area contributed by atoms with E-state index in [1.165, 1.54) is 11.1 Å². The van der Waals surface area contributed by atoms with Crippen LogP contribution >= 0.6 is 0 Å². The Morgan fingerprint density at radius 3 is 3.14 bits per heavy atom. The summed E-state index contributed by atoms with van der Waals surface area (Å²) < 4.78 is 0. The minimum atomic E-state index is 0.321. The molecule has 72 valence electrons. The van der Waals surface area contributed by atoms with Crippen LogP contribution in [-0.2, 0) is 6.42 Å². The monoisotopic (exact) mass is 187 g/mol. The van der Waals surface area contributed by atoms with E-state index in [0.29, 0.717) is 18.2 Å². The normalized spacial score (nSPS) is 24.6. The molecule has 2 heteroatoms. The molecule has 1 unspecified atom stereocenters. The van der Waals surface area contributed by atoms with Crippen molar-refractivity contribution in [1.29, 1.82) is 0 Å². The molecular formula is C12H13NO. The maximum atomic E-state index is 11.7. The Hall–Kier alpha value is -1.15. The molecular weight excluding hydrogens is 174 g/mol. The van der Waals surface area contributed by atoms with Gasteiger partial charge in [0, 0.05) is 18.0 Å². The van der Waals surface area contributed by atoms with Gasteiger partial charge in [0.25, 0.3) is 0 Å². The van der Waals surface area contributed by atoms with Crippen molar-refractivity contribution in [2.45, 2.75) is 25.3 Å². The van der Waals surface area contributed by atoms with E-state index in [2.05, 4.69) is 11.4 Å². The number of benzene rings is 1. The first-order valence-electron chi connectivity index (χ1n) is 5.24. The first kappa shape index (κ1) is 8.18. The van der Waals surface area contributed by atoms with Gasteiger partial charge >= 0.3 is 0 Å². The molecule has 0 bridgehead atoms. The van der Waals surface area contributed by atoms with Gasteiger partial charge in [0.1, 0.15) is 0 Å². The third-order valence-corrected chi connectivity index (χ3v) is 3.29. The predicted octanol–water partition coefficient (Wildman–Crippen LogP) is 1.85. The number of rotatable bonds is 0. The van der Waals surface area contributed by atoms with Crippen molar-refractivity contribution in [1.82, 2.24) is 5.32 Å². The van der Waals surface area contributed by atoms with E-state index in [1.54, 1.807) is 0 Å². The predicted molar refractivity (Wildman–Crippen MR) is 54.5 cm³/mol. The molecule has 0 saturated carbocycles. The van der Waals surface area contributed by atoms with Crippen molar-refractivity contribution in [2.24, 2.45) is 0 Å². The maximum Gasteiger partial charge on any atom is 0.163 e. The van der Waals surface area contributed by atoms with E-state index in [1.807, 2.05) is 12.1 Å². The van der Waals surface area contributed by atoms with Crippen molar-refractivity contribution < 1.29 is 4.79 Å². The van der Waals surface area contributed by atoms with Crippen LogP contribution in [0.25, 0.3) is 0 Å². The summed E-state index contributed by atoms with van der Waals surface area (Å²) in [7, 11) is 0. The topological polar surface area (TPSA) is 29.1 Å². The molecule has 0 radical (unpaired) electrons. The van der Waals surface area contributed by atoms with Crippen molar-refractivity contribution in [3.63, 3.8) is 0 Å². The van der Waals surface area contributed by atoms with Gasteiger partial charge in [-0.1, -0.05) is 18.2 Å². The molecule has 3 rings (SSSR count). The first-order chi connectivity index (χ1) is 6.86. The standard InChI is InChI=1S/C12H13NO/c14-11-5-4-10-12-8(6-7-13-10)2-1-3-9(11)12/h1-3,10,13H,4-7H2. The van der Waals surface area contributed by atoms with E-state index in [0.717, 1.165) is 24.9 Å². The third kappa shape index (κ3) is 1.04. The van der Waals surface area contributed by atoms with E-state index >= 15 is 0 Å². The van der Waals surface area contributed by atoms with Crippen LogP contribution in [0, 0.1) is 0 Å². The molecule has 1 heterocycles. The Morgan fingerprint density at radius 2 is 2.21 bits per heavy atom. The van der Waals surface area contributed by atoms with E-state index < -0.39 is 0 Å². The summed E-state index contributed by atoms with van der Waals surface area (Å²) in [4.78, 5) is 11.7. The van der Waals surface area contributed by atoms with E-state index in [4.69, 9.17) is 0 Å². The summed E-state index contributed by atoms with van der Waals surface area (Å²) in [5.41, 5.74) is 3.63. The van der Waals surface area contributed by atoms with Crippen LogP contribution in [0.15, 0.2) is 18.2 Å². The van der Waals surface area contributed by atoms with Gasteiger partial charge in [-0.25, -0.2) is 0 Å². The summed E-state index contributed by atoms with van der Waals surface area (Å²) >= 11 is 0. The minimum Gasteiger partial charge on any atom is -0.310 e. The van der Waals surface area contributed by atoms with Crippen LogP contribution in [0.4, 0.5) is 0 Å². The van der Waals surface area contributed by atoms with Crippen LogP contribution in [-0.4, -0.2) is 12.3 Å². The quantitative estimate of drug-likeness (QED) is 0.671. The van der Waals surface area contributed by atoms with Gasteiger partial charge in [-0.05, 0) is 30.5 Å². The summed E-state index contributed by atoms with van der Waals surface area (Å²) in [6.45, 7) is 1.05. The van der Waals surface area contributed by atoms with E-state index in [-0.39, 0.29) is 0 Å². The van der Waals surface area contributed by atoms with Gasteiger partial charge in [0.2, 0.25) is 0 Å².